The summed E-state index contributed by atoms with van der Waals surface area (Å²) in [7, 11) is 10.7. The van der Waals surface area contributed by atoms with Crippen LogP contribution in [-0.4, -0.2) is 69.1 Å². The SMILES string of the molecule is C=c1[nH]n(-c2ccc(N(CC)CC[N+](C)(C)C)cc2)c(=O)c1=Cc1ccc(N(C)C)c2ccccc12. The molecule has 0 aliphatic heterocycles. The number of nitrogens with zero attached hydrogens (tertiary/aromatic N) is 4. The van der Waals surface area contributed by atoms with Crippen molar-refractivity contribution in [2.24, 2.45) is 0 Å². The average molecular weight is 485 g/mol. The van der Waals surface area contributed by atoms with Gasteiger partial charge in [-0.25, -0.2) is 4.68 Å². The fourth-order valence-electron chi connectivity index (χ4n) is 4.51. The minimum atomic E-state index is -0.106. The molecule has 0 atom stereocenters. The van der Waals surface area contributed by atoms with Gasteiger partial charge in [-0.3, -0.25) is 9.89 Å². The maximum absolute atomic E-state index is 13.4. The average Bonchev–Trinajstić information content (AvgIpc) is 3.12. The van der Waals surface area contributed by atoms with Crippen LogP contribution in [-0.2, 0) is 0 Å². The lowest BCUT2D eigenvalue weighted by atomic mass is 10.0. The third kappa shape index (κ3) is 5.24. The van der Waals surface area contributed by atoms with Crippen LogP contribution in [0.1, 0.15) is 12.5 Å². The number of fused-ring (bicyclic) bond motifs is 1. The lowest BCUT2D eigenvalue weighted by molar-refractivity contribution is -0.868. The largest absolute Gasteiger partial charge is 0.377 e. The van der Waals surface area contributed by atoms with E-state index in [2.05, 4.69) is 85.9 Å². The summed E-state index contributed by atoms with van der Waals surface area (Å²) in [4.78, 5) is 17.9. The highest BCUT2D eigenvalue weighted by Crippen LogP contribution is 2.28. The van der Waals surface area contributed by atoms with E-state index in [1.807, 2.05) is 44.4 Å². The monoisotopic (exact) mass is 484 g/mol. The van der Waals surface area contributed by atoms with Crippen LogP contribution in [0.3, 0.4) is 0 Å². The smallest absolute Gasteiger partial charge is 0.279 e. The molecule has 0 aliphatic rings. The van der Waals surface area contributed by atoms with Crippen molar-refractivity contribution in [3.63, 3.8) is 0 Å². The van der Waals surface area contributed by atoms with Gasteiger partial charge in [0.05, 0.1) is 50.5 Å². The molecule has 1 heterocycles. The van der Waals surface area contributed by atoms with E-state index in [0.717, 1.165) is 57.5 Å². The fraction of sp³-hybridized carbons (Fsp3) is 0.300. The van der Waals surface area contributed by atoms with Gasteiger partial charge < -0.3 is 14.3 Å². The Kier molecular flexibility index (Phi) is 7.09. The quantitative estimate of drug-likeness (QED) is 0.391. The van der Waals surface area contributed by atoms with E-state index in [1.165, 1.54) is 0 Å². The van der Waals surface area contributed by atoms with E-state index < -0.39 is 0 Å². The molecular formula is C30H38N5O+. The van der Waals surface area contributed by atoms with Gasteiger partial charge in [0.15, 0.2) is 0 Å². The molecular weight excluding hydrogens is 446 g/mol. The number of quaternary nitrogens is 1. The molecule has 0 aliphatic carbocycles. The van der Waals surface area contributed by atoms with Crippen molar-refractivity contribution in [3.05, 3.63) is 87.1 Å². The second-order valence-electron chi connectivity index (χ2n) is 10.5. The van der Waals surface area contributed by atoms with Crippen LogP contribution in [0.4, 0.5) is 11.4 Å². The van der Waals surface area contributed by atoms with Crippen LogP contribution < -0.4 is 25.9 Å². The number of aromatic amines is 1. The Balaban J connectivity index is 1.71. The van der Waals surface area contributed by atoms with E-state index in [9.17, 15) is 4.79 Å². The summed E-state index contributed by atoms with van der Waals surface area (Å²) in [5, 5.41) is 6.60. The molecule has 0 radical (unpaired) electrons. The minimum absolute atomic E-state index is 0.106. The van der Waals surface area contributed by atoms with Gasteiger partial charge in [0, 0.05) is 37.4 Å². The Hall–Kier alpha value is -3.77. The van der Waals surface area contributed by atoms with Crippen molar-refractivity contribution >= 4 is 34.8 Å². The fourth-order valence-corrected chi connectivity index (χ4v) is 4.51. The Morgan fingerprint density at radius 2 is 1.64 bits per heavy atom. The number of likely N-dealkylation sites (N-methyl/N-ethyl adjacent to an activating group) is 2. The highest BCUT2D eigenvalue weighted by molar-refractivity contribution is 5.99. The Morgan fingerprint density at radius 3 is 2.25 bits per heavy atom. The van der Waals surface area contributed by atoms with Gasteiger partial charge in [0.2, 0.25) is 0 Å². The standard InChI is InChI=1S/C30H38N5O/c1-8-33(19-20-35(5,6)7)24-14-16-25(17-15-24)34-30(36)28(22(2)31-34)21-23-13-18-29(32(3)4)27-12-10-9-11-26(23)27/h9-18,21,31H,2,8,19-20H2,1,3-7H3/q+1. The van der Waals surface area contributed by atoms with Crippen molar-refractivity contribution in [1.29, 1.82) is 0 Å². The number of hydrogen-bond donors (Lipinski definition) is 1. The van der Waals surface area contributed by atoms with E-state index in [-0.39, 0.29) is 5.56 Å². The highest BCUT2D eigenvalue weighted by atomic mass is 16.1. The topological polar surface area (TPSA) is 44.3 Å². The van der Waals surface area contributed by atoms with E-state index in [4.69, 9.17) is 0 Å². The van der Waals surface area contributed by atoms with Gasteiger partial charge in [-0.2, -0.15) is 0 Å². The summed E-state index contributed by atoms with van der Waals surface area (Å²) >= 11 is 0. The first-order valence-electron chi connectivity index (χ1n) is 12.5. The van der Waals surface area contributed by atoms with E-state index in [1.54, 1.807) is 4.68 Å². The molecule has 0 saturated heterocycles. The first kappa shape index (κ1) is 25.3. The molecule has 3 aromatic carbocycles. The number of hydrogen-bond acceptors (Lipinski definition) is 3. The van der Waals surface area contributed by atoms with Gasteiger partial charge in [-0.1, -0.05) is 36.9 Å². The van der Waals surface area contributed by atoms with Crippen LogP contribution in [0.25, 0.3) is 29.1 Å². The Morgan fingerprint density at radius 1 is 0.972 bits per heavy atom. The Labute approximate surface area is 213 Å². The molecule has 188 valence electrons. The molecule has 0 saturated carbocycles. The molecule has 4 rings (SSSR count). The first-order valence-corrected chi connectivity index (χ1v) is 12.5. The summed E-state index contributed by atoms with van der Waals surface area (Å²) in [5.41, 5.74) is 3.99. The van der Waals surface area contributed by atoms with Crippen LogP contribution in [0.15, 0.2) is 65.5 Å². The van der Waals surface area contributed by atoms with Crippen molar-refractivity contribution in [3.8, 4) is 5.69 Å². The molecule has 1 aromatic heterocycles. The van der Waals surface area contributed by atoms with Gasteiger partial charge >= 0.3 is 0 Å². The number of anilines is 2. The summed E-state index contributed by atoms with van der Waals surface area (Å²) in [6, 6.07) is 20.6. The van der Waals surface area contributed by atoms with E-state index >= 15 is 0 Å². The number of aromatic nitrogens is 2. The summed E-state index contributed by atoms with van der Waals surface area (Å²) in [5.74, 6) is 0. The van der Waals surface area contributed by atoms with Crippen LogP contribution in [0.2, 0.25) is 0 Å². The van der Waals surface area contributed by atoms with Gasteiger partial charge in [0.1, 0.15) is 0 Å². The maximum Gasteiger partial charge on any atom is 0.279 e. The zero-order valence-corrected chi connectivity index (χ0v) is 22.4. The number of nitrogens with one attached hydrogen (secondary N) is 1. The van der Waals surface area contributed by atoms with Crippen LogP contribution in [0.5, 0.6) is 0 Å². The minimum Gasteiger partial charge on any atom is -0.377 e. The van der Waals surface area contributed by atoms with Crippen molar-refractivity contribution in [2.45, 2.75) is 6.92 Å². The molecule has 6 heteroatoms. The van der Waals surface area contributed by atoms with Gasteiger partial charge in [-0.15, -0.1) is 0 Å². The number of rotatable bonds is 8. The number of benzene rings is 3. The third-order valence-electron chi connectivity index (χ3n) is 6.62. The van der Waals surface area contributed by atoms with Gasteiger partial charge in [-0.05, 0) is 54.3 Å². The van der Waals surface area contributed by atoms with Crippen LogP contribution in [0, 0.1) is 0 Å². The van der Waals surface area contributed by atoms with Crippen LogP contribution >= 0.6 is 0 Å². The molecule has 0 fully saturated rings. The third-order valence-corrected chi connectivity index (χ3v) is 6.62. The first-order chi connectivity index (χ1) is 17.1. The molecule has 6 nitrogen and oxygen atoms in total. The molecule has 1 N–H and O–H groups in total. The number of H-pyrrole nitrogens is 1. The summed E-state index contributed by atoms with van der Waals surface area (Å²) in [6.45, 7) is 9.27. The molecule has 0 amide bonds. The molecule has 0 unspecified atom stereocenters. The lowest BCUT2D eigenvalue weighted by Gasteiger charge is -2.29. The second-order valence-corrected chi connectivity index (χ2v) is 10.5. The molecule has 0 spiro atoms. The summed E-state index contributed by atoms with van der Waals surface area (Å²) < 4.78 is 2.50. The predicted octanol–water partition coefficient (Wildman–Crippen LogP) is 3.16. The zero-order chi connectivity index (χ0) is 26.0. The molecule has 4 aromatic rings. The lowest BCUT2D eigenvalue weighted by Crippen LogP contribution is -2.42. The van der Waals surface area contributed by atoms with Crippen molar-refractivity contribution < 1.29 is 4.48 Å². The zero-order valence-electron chi connectivity index (χ0n) is 22.4. The van der Waals surface area contributed by atoms with E-state index in [0.29, 0.717) is 10.6 Å². The summed E-state index contributed by atoms with van der Waals surface area (Å²) in [6.07, 6.45) is 1.94. The predicted molar refractivity (Wildman–Crippen MR) is 154 cm³/mol. The second kappa shape index (κ2) is 10.1. The Bertz CT molecular complexity index is 1520. The molecule has 0 bridgehead atoms. The van der Waals surface area contributed by atoms with Crippen molar-refractivity contribution in [1.82, 2.24) is 9.78 Å². The van der Waals surface area contributed by atoms with Gasteiger partial charge in [0.25, 0.3) is 5.56 Å². The van der Waals surface area contributed by atoms with Crippen molar-refractivity contribution in [2.75, 3.05) is 64.7 Å². The highest BCUT2D eigenvalue weighted by Gasteiger charge is 2.13. The maximum atomic E-state index is 13.4. The normalized spacial score (nSPS) is 12.3. The molecule has 36 heavy (non-hydrogen) atoms.